The maximum atomic E-state index is 12.4. The molecule has 2 rings (SSSR count). The lowest BCUT2D eigenvalue weighted by Crippen LogP contribution is -2.37. The van der Waals surface area contributed by atoms with Gasteiger partial charge in [0.25, 0.3) is 0 Å². The standard InChI is InChI=1S/C13H20N2OS.ClH/c1-9-5-11(6-14)7-15(9)13(16)10(2)12-3-4-17-8-12;/h3-4,8-11H,5-7,14H2,1-2H3;1H. The summed E-state index contributed by atoms with van der Waals surface area (Å²) in [4.78, 5) is 14.4. The molecule has 3 unspecified atom stereocenters. The molecule has 0 aromatic carbocycles. The maximum Gasteiger partial charge on any atom is 0.230 e. The number of carbonyl (C=O) groups excluding carboxylic acids is 1. The largest absolute Gasteiger partial charge is 0.339 e. The van der Waals surface area contributed by atoms with E-state index in [-0.39, 0.29) is 24.2 Å². The first kappa shape index (κ1) is 15.5. The highest BCUT2D eigenvalue weighted by Crippen LogP contribution is 2.27. The first-order valence-electron chi connectivity index (χ1n) is 6.16. The molecular weight excluding hydrogens is 268 g/mol. The Morgan fingerprint density at radius 1 is 1.67 bits per heavy atom. The lowest BCUT2D eigenvalue weighted by atomic mass is 10.0. The van der Waals surface area contributed by atoms with Gasteiger partial charge in [-0.3, -0.25) is 4.79 Å². The van der Waals surface area contributed by atoms with E-state index < -0.39 is 0 Å². The van der Waals surface area contributed by atoms with Crippen molar-refractivity contribution in [3.05, 3.63) is 22.4 Å². The van der Waals surface area contributed by atoms with Crippen LogP contribution in [0.3, 0.4) is 0 Å². The summed E-state index contributed by atoms with van der Waals surface area (Å²) < 4.78 is 0. The van der Waals surface area contributed by atoms with Crippen LogP contribution in [0.15, 0.2) is 16.8 Å². The molecule has 3 atom stereocenters. The molecule has 1 fully saturated rings. The van der Waals surface area contributed by atoms with Crippen LogP contribution in [-0.4, -0.2) is 29.9 Å². The lowest BCUT2D eigenvalue weighted by Gasteiger charge is -2.24. The molecule has 102 valence electrons. The quantitative estimate of drug-likeness (QED) is 0.929. The normalized spacial score (nSPS) is 24.7. The van der Waals surface area contributed by atoms with Crippen molar-refractivity contribution in [2.45, 2.75) is 32.2 Å². The van der Waals surface area contributed by atoms with Gasteiger partial charge in [-0.05, 0) is 55.1 Å². The zero-order valence-electron chi connectivity index (χ0n) is 10.8. The fourth-order valence-corrected chi connectivity index (χ4v) is 3.29. The predicted octanol–water partition coefficient (Wildman–Crippen LogP) is 2.47. The Balaban J connectivity index is 0.00000162. The van der Waals surface area contributed by atoms with Crippen LogP contribution in [0.1, 0.15) is 31.7 Å². The SMILES string of the molecule is CC(C(=O)N1CC(CN)CC1C)c1ccsc1.Cl. The Morgan fingerprint density at radius 2 is 2.39 bits per heavy atom. The molecule has 5 heteroatoms. The van der Waals surface area contributed by atoms with Gasteiger partial charge in [0.05, 0.1) is 5.92 Å². The third-order valence-corrected chi connectivity index (χ3v) is 4.39. The van der Waals surface area contributed by atoms with Crippen LogP contribution in [0.2, 0.25) is 0 Å². The molecule has 18 heavy (non-hydrogen) atoms. The molecule has 0 spiro atoms. The number of amides is 1. The van der Waals surface area contributed by atoms with Gasteiger partial charge in [-0.15, -0.1) is 12.4 Å². The average molecular weight is 289 g/mol. The number of rotatable bonds is 3. The molecule has 1 aromatic heterocycles. The predicted molar refractivity (Wildman–Crippen MR) is 78.3 cm³/mol. The summed E-state index contributed by atoms with van der Waals surface area (Å²) >= 11 is 1.64. The highest BCUT2D eigenvalue weighted by atomic mass is 35.5. The molecule has 0 radical (unpaired) electrons. The molecule has 1 aromatic rings. The van der Waals surface area contributed by atoms with Crippen LogP contribution < -0.4 is 5.73 Å². The van der Waals surface area contributed by atoms with E-state index in [0.29, 0.717) is 18.5 Å². The molecule has 2 N–H and O–H groups in total. The molecular formula is C13H21ClN2OS. The van der Waals surface area contributed by atoms with Crippen molar-refractivity contribution < 1.29 is 4.79 Å². The smallest absolute Gasteiger partial charge is 0.230 e. The Labute approximate surface area is 119 Å². The summed E-state index contributed by atoms with van der Waals surface area (Å²) in [6.07, 6.45) is 1.04. The van der Waals surface area contributed by atoms with E-state index in [2.05, 4.69) is 12.3 Å². The lowest BCUT2D eigenvalue weighted by molar-refractivity contribution is -0.133. The highest BCUT2D eigenvalue weighted by molar-refractivity contribution is 7.08. The number of hydrogen-bond donors (Lipinski definition) is 1. The van der Waals surface area contributed by atoms with Crippen molar-refractivity contribution in [1.29, 1.82) is 0 Å². The first-order valence-corrected chi connectivity index (χ1v) is 7.10. The van der Waals surface area contributed by atoms with Crippen LogP contribution in [-0.2, 0) is 4.79 Å². The summed E-state index contributed by atoms with van der Waals surface area (Å²) in [7, 11) is 0. The van der Waals surface area contributed by atoms with Gasteiger partial charge in [-0.2, -0.15) is 11.3 Å². The van der Waals surface area contributed by atoms with E-state index >= 15 is 0 Å². The van der Waals surface area contributed by atoms with Gasteiger partial charge in [-0.1, -0.05) is 0 Å². The molecule has 3 nitrogen and oxygen atoms in total. The summed E-state index contributed by atoms with van der Waals surface area (Å²) in [5.41, 5.74) is 6.82. The van der Waals surface area contributed by atoms with Crippen molar-refractivity contribution in [2.75, 3.05) is 13.1 Å². The molecule has 2 heterocycles. The van der Waals surface area contributed by atoms with Crippen molar-refractivity contribution in [3.63, 3.8) is 0 Å². The Hall–Kier alpha value is -0.580. The Bertz CT molecular complexity index is 382. The minimum Gasteiger partial charge on any atom is -0.339 e. The highest BCUT2D eigenvalue weighted by Gasteiger charge is 2.33. The van der Waals surface area contributed by atoms with E-state index in [4.69, 9.17) is 5.73 Å². The number of halogens is 1. The van der Waals surface area contributed by atoms with Gasteiger partial charge in [0.1, 0.15) is 0 Å². The monoisotopic (exact) mass is 288 g/mol. The number of hydrogen-bond acceptors (Lipinski definition) is 3. The van der Waals surface area contributed by atoms with E-state index in [1.54, 1.807) is 11.3 Å². The van der Waals surface area contributed by atoms with Gasteiger partial charge in [0.2, 0.25) is 5.91 Å². The number of carbonyl (C=O) groups is 1. The van der Waals surface area contributed by atoms with Crippen LogP contribution in [0.4, 0.5) is 0 Å². The Kier molecular flexibility index (Phi) is 5.63. The van der Waals surface area contributed by atoms with Crippen molar-refractivity contribution in [1.82, 2.24) is 4.90 Å². The Morgan fingerprint density at radius 3 is 2.89 bits per heavy atom. The fourth-order valence-electron chi connectivity index (χ4n) is 2.53. The van der Waals surface area contributed by atoms with Crippen molar-refractivity contribution >= 4 is 29.7 Å². The van der Waals surface area contributed by atoms with Gasteiger partial charge in [0, 0.05) is 12.6 Å². The molecule has 0 bridgehead atoms. The van der Waals surface area contributed by atoms with Crippen molar-refractivity contribution in [3.8, 4) is 0 Å². The third-order valence-electron chi connectivity index (χ3n) is 3.69. The van der Waals surface area contributed by atoms with E-state index in [1.165, 1.54) is 0 Å². The second-order valence-electron chi connectivity index (χ2n) is 4.96. The van der Waals surface area contributed by atoms with Crippen LogP contribution in [0.25, 0.3) is 0 Å². The fraction of sp³-hybridized carbons (Fsp3) is 0.615. The molecule has 1 saturated heterocycles. The summed E-state index contributed by atoms with van der Waals surface area (Å²) in [6.45, 7) is 5.62. The van der Waals surface area contributed by atoms with E-state index in [1.807, 2.05) is 23.3 Å². The molecule has 1 amide bonds. The summed E-state index contributed by atoms with van der Waals surface area (Å²) in [5.74, 6) is 0.690. The molecule has 1 aliphatic heterocycles. The number of thiophene rings is 1. The van der Waals surface area contributed by atoms with Gasteiger partial charge in [0.15, 0.2) is 0 Å². The number of nitrogens with zero attached hydrogens (tertiary/aromatic N) is 1. The third kappa shape index (κ3) is 3.05. The van der Waals surface area contributed by atoms with Crippen LogP contribution >= 0.6 is 23.7 Å². The zero-order chi connectivity index (χ0) is 12.4. The van der Waals surface area contributed by atoms with E-state index in [0.717, 1.165) is 18.5 Å². The second-order valence-corrected chi connectivity index (χ2v) is 5.74. The van der Waals surface area contributed by atoms with Crippen molar-refractivity contribution in [2.24, 2.45) is 11.7 Å². The average Bonchev–Trinajstić information content (AvgIpc) is 2.95. The summed E-state index contributed by atoms with van der Waals surface area (Å²) in [6, 6.07) is 2.37. The second kappa shape index (κ2) is 6.55. The van der Waals surface area contributed by atoms with Crippen LogP contribution in [0.5, 0.6) is 0 Å². The van der Waals surface area contributed by atoms with Gasteiger partial charge < -0.3 is 10.6 Å². The summed E-state index contributed by atoms with van der Waals surface area (Å²) in [5, 5.41) is 4.08. The van der Waals surface area contributed by atoms with Gasteiger partial charge >= 0.3 is 0 Å². The zero-order valence-corrected chi connectivity index (χ0v) is 12.5. The maximum absolute atomic E-state index is 12.4. The minimum atomic E-state index is -0.0276. The molecule has 0 saturated carbocycles. The van der Waals surface area contributed by atoms with Gasteiger partial charge in [-0.25, -0.2) is 0 Å². The first-order chi connectivity index (χ1) is 8.13. The number of likely N-dealkylation sites (tertiary alicyclic amines) is 1. The number of nitrogens with two attached hydrogens (primary N) is 1. The van der Waals surface area contributed by atoms with E-state index in [9.17, 15) is 4.79 Å². The topological polar surface area (TPSA) is 46.3 Å². The molecule has 1 aliphatic rings. The van der Waals surface area contributed by atoms with Crippen LogP contribution in [0, 0.1) is 5.92 Å². The molecule has 0 aliphatic carbocycles. The minimum absolute atomic E-state index is 0.